The Hall–Kier alpha value is -0.660. The maximum Gasteiger partial charge on any atom is 0.322 e. The Balaban J connectivity index is 2.20. The predicted octanol–water partition coefficient (Wildman–Crippen LogP) is 0.264. The Morgan fingerprint density at radius 3 is 2.47 bits per heavy atom. The summed E-state index contributed by atoms with van der Waals surface area (Å²) in [6.45, 7) is 0.316. The van der Waals surface area contributed by atoms with Crippen molar-refractivity contribution < 1.29 is 18.3 Å². The van der Waals surface area contributed by atoms with Crippen LogP contribution in [0.2, 0.25) is 0 Å². The van der Waals surface area contributed by atoms with Crippen LogP contribution in [0, 0.1) is 0 Å². The van der Waals surface area contributed by atoms with Gasteiger partial charge < -0.3 is 5.11 Å². The third-order valence-corrected chi connectivity index (χ3v) is 5.52. The van der Waals surface area contributed by atoms with Crippen LogP contribution in [0.15, 0.2) is 0 Å². The van der Waals surface area contributed by atoms with Gasteiger partial charge in [0.05, 0.1) is 0 Å². The van der Waals surface area contributed by atoms with Crippen molar-refractivity contribution in [3.05, 3.63) is 0 Å². The molecule has 0 aromatic heterocycles. The Morgan fingerprint density at radius 1 is 1.29 bits per heavy atom. The molecule has 1 heterocycles. The van der Waals surface area contributed by atoms with Gasteiger partial charge in [-0.25, -0.2) is 0 Å². The third kappa shape index (κ3) is 2.46. The van der Waals surface area contributed by atoms with E-state index in [0.29, 0.717) is 13.0 Å². The minimum absolute atomic E-state index is 0.0661. The summed E-state index contributed by atoms with van der Waals surface area (Å²) in [4.78, 5) is 11.1. The van der Waals surface area contributed by atoms with E-state index in [-0.39, 0.29) is 6.04 Å². The second-order valence-electron chi connectivity index (χ2n) is 4.72. The van der Waals surface area contributed by atoms with E-state index >= 15 is 0 Å². The van der Waals surface area contributed by atoms with Crippen LogP contribution in [0.1, 0.15) is 32.1 Å². The van der Waals surface area contributed by atoms with Gasteiger partial charge in [0.2, 0.25) is 0 Å². The molecule has 7 heteroatoms. The van der Waals surface area contributed by atoms with Crippen LogP contribution in [0.3, 0.4) is 0 Å². The van der Waals surface area contributed by atoms with E-state index in [9.17, 15) is 13.2 Å². The molecule has 0 aromatic carbocycles. The second kappa shape index (κ2) is 4.55. The lowest BCUT2D eigenvalue weighted by molar-refractivity contribution is -0.142. The van der Waals surface area contributed by atoms with E-state index in [4.69, 9.17) is 5.11 Å². The minimum atomic E-state index is -3.61. The maximum absolute atomic E-state index is 12.3. The molecule has 2 rings (SSSR count). The zero-order chi connectivity index (χ0) is 12.6. The summed E-state index contributed by atoms with van der Waals surface area (Å²) in [5, 5.41) is 9.08. The molecule has 1 unspecified atom stereocenters. The molecule has 0 radical (unpaired) electrons. The van der Waals surface area contributed by atoms with E-state index in [0.717, 1.165) is 30.0 Å². The monoisotopic (exact) mass is 262 g/mol. The number of nitrogens with zero attached hydrogens (tertiary/aromatic N) is 2. The van der Waals surface area contributed by atoms with E-state index in [1.807, 2.05) is 0 Å². The third-order valence-electron chi connectivity index (χ3n) is 3.46. The number of piperidine rings is 1. The Labute approximate surface area is 101 Å². The van der Waals surface area contributed by atoms with Gasteiger partial charge in [-0.05, 0) is 32.1 Å². The highest BCUT2D eigenvalue weighted by Gasteiger charge is 2.43. The van der Waals surface area contributed by atoms with Crippen molar-refractivity contribution in [2.24, 2.45) is 0 Å². The van der Waals surface area contributed by atoms with Gasteiger partial charge in [-0.15, -0.1) is 0 Å². The first-order valence-electron chi connectivity index (χ1n) is 5.92. The number of carboxylic acid groups (broad SMARTS) is 1. The van der Waals surface area contributed by atoms with Crippen LogP contribution >= 0.6 is 0 Å². The molecular weight excluding hydrogens is 244 g/mol. The van der Waals surface area contributed by atoms with Gasteiger partial charge in [-0.1, -0.05) is 0 Å². The van der Waals surface area contributed by atoms with Crippen molar-refractivity contribution in [2.45, 2.75) is 44.2 Å². The fourth-order valence-electron chi connectivity index (χ4n) is 2.22. The first kappa shape index (κ1) is 12.8. The van der Waals surface area contributed by atoms with E-state index in [1.54, 1.807) is 7.05 Å². The van der Waals surface area contributed by atoms with Gasteiger partial charge in [0, 0.05) is 19.6 Å². The van der Waals surface area contributed by atoms with Crippen LogP contribution in [0.25, 0.3) is 0 Å². The molecule has 1 N–H and O–H groups in total. The highest BCUT2D eigenvalue weighted by molar-refractivity contribution is 7.86. The molecule has 0 aromatic rings. The topological polar surface area (TPSA) is 77.9 Å². The smallest absolute Gasteiger partial charge is 0.322 e. The summed E-state index contributed by atoms with van der Waals surface area (Å²) < 4.78 is 27.0. The zero-order valence-corrected chi connectivity index (χ0v) is 10.7. The van der Waals surface area contributed by atoms with Crippen LogP contribution in [-0.4, -0.2) is 53.8 Å². The van der Waals surface area contributed by atoms with Crippen LogP contribution in [0.4, 0.5) is 0 Å². The lowest BCUT2D eigenvalue weighted by Gasteiger charge is -2.34. The number of hydrogen-bond donors (Lipinski definition) is 1. The van der Waals surface area contributed by atoms with Gasteiger partial charge in [0.1, 0.15) is 6.04 Å². The number of hydrogen-bond acceptors (Lipinski definition) is 3. The van der Waals surface area contributed by atoms with Gasteiger partial charge in [-0.2, -0.15) is 17.0 Å². The first-order chi connectivity index (χ1) is 7.94. The summed E-state index contributed by atoms with van der Waals surface area (Å²) in [6.07, 6.45) is 3.67. The van der Waals surface area contributed by atoms with Crippen molar-refractivity contribution in [3.63, 3.8) is 0 Å². The van der Waals surface area contributed by atoms with Crippen molar-refractivity contribution in [3.8, 4) is 0 Å². The molecule has 1 saturated carbocycles. The zero-order valence-electron chi connectivity index (χ0n) is 9.87. The standard InChI is InChI=1S/C10H18N2O4S/c1-11(8-5-6-8)17(15,16)12-7-3-2-4-9(12)10(13)14/h8-9H,2-7H2,1H3,(H,13,14). The Bertz CT molecular complexity index is 405. The normalized spacial score (nSPS) is 27.3. The number of rotatable bonds is 4. The first-order valence-corrected chi connectivity index (χ1v) is 7.32. The van der Waals surface area contributed by atoms with Crippen LogP contribution < -0.4 is 0 Å². The molecule has 1 aliphatic carbocycles. The Morgan fingerprint density at radius 2 is 1.94 bits per heavy atom. The summed E-state index contributed by atoms with van der Waals surface area (Å²) in [7, 11) is -2.06. The molecule has 0 spiro atoms. The summed E-state index contributed by atoms with van der Waals surface area (Å²) in [6, 6.07) is -0.827. The molecule has 1 atom stereocenters. The van der Waals surface area contributed by atoms with Crippen molar-refractivity contribution in [2.75, 3.05) is 13.6 Å². The highest BCUT2D eigenvalue weighted by atomic mass is 32.2. The van der Waals surface area contributed by atoms with Crippen LogP contribution in [-0.2, 0) is 15.0 Å². The molecule has 1 saturated heterocycles. The van der Waals surface area contributed by atoms with Crippen molar-refractivity contribution in [1.82, 2.24) is 8.61 Å². The molecule has 2 fully saturated rings. The summed E-state index contributed by atoms with van der Waals surface area (Å²) in [5.41, 5.74) is 0. The highest BCUT2D eigenvalue weighted by Crippen LogP contribution is 2.31. The fraction of sp³-hybridized carbons (Fsp3) is 0.900. The van der Waals surface area contributed by atoms with Crippen molar-refractivity contribution in [1.29, 1.82) is 0 Å². The molecule has 1 aliphatic heterocycles. The van der Waals surface area contributed by atoms with E-state index < -0.39 is 22.2 Å². The molecule has 17 heavy (non-hydrogen) atoms. The van der Waals surface area contributed by atoms with Crippen molar-refractivity contribution >= 4 is 16.2 Å². The molecule has 6 nitrogen and oxygen atoms in total. The second-order valence-corrected chi connectivity index (χ2v) is 6.66. The molecule has 98 valence electrons. The lowest BCUT2D eigenvalue weighted by Crippen LogP contribution is -2.52. The number of carbonyl (C=O) groups is 1. The van der Waals surface area contributed by atoms with E-state index in [1.165, 1.54) is 4.31 Å². The maximum atomic E-state index is 12.3. The Kier molecular flexibility index (Phi) is 3.42. The van der Waals surface area contributed by atoms with Gasteiger partial charge >= 0.3 is 5.97 Å². The summed E-state index contributed by atoms with van der Waals surface area (Å²) >= 11 is 0. The number of carboxylic acids is 1. The minimum Gasteiger partial charge on any atom is -0.480 e. The van der Waals surface area contributed by atoms with Gasteiger partial charge in [0.15, 0.2) is 0 Å². The largest absolute Gasteiger partial charge is 0.480 e. The molecule has 0 amide bonds. The average Bonchev–Trinajstić information content (AvgIpc) is 3.11. The predicted molar refractivity (Wildman–Crippen MR) is 61.7 cm³/mol. The molecule has 2 aliphatic rings. The quantitative estimate of drug-likeness (QED) is 0.788. The fourth-order valence-corrected chi connectivity index (χ4v) is 4.02. The van der Waals surface area contributed by atoms with Gasteiger partial charge in [0.25, 0.3) is 10.2 Å². The summed E-state index contributed by atoms with van der Waals surface area (Å²) in [5.74, 6) is -1.04. The SMILES string of the molecule is CN(C1CC1)S(=O)(=O)N1CCCCC1C(=O)O. The van der Waals surface area contributed by atoms with E-state index in [2.05, 4.69) is 0 Å². The van der Waals surface area contributed by atoms with Gasteiger partial charge in [-0.3, -0.25) is 4.79 Å². The average molecular weight is 262 g/mol. The molecule has 0 bridgehead atoms. The number of aliphatic carboxylic acids is 1. The van der Waals surface area contributed by atoms with Crippen LogP contribution in [0.5, 0.6) is 0 Å². The lowest BCUT2D eigenvalue weighted by atomic mass is 10.1. The molecular formula is C10H18N2O4S.